The third kappa shape index (κ3) is 4.77. The van der Waals surface area contributed by atoms with Gasteiger partial charge in [0.25, 0.3) is 0 Å². The van der Waals surface area contributed by atoms with E-state index in [4.69, 9.17) is 15.2 Å². The molecule has 1 aromatic carbocycles. The van der Waals surface area contributed by atoms with E-state index in [-0.39, 0.29) is 0 Å². The van der Waals surface area contributed by atoms with Gasteiger partial charge >= 0.3 is 11.9 Å². The molecule has 1 aromatic heterocycles. The van der Waals surface area contributed by atoms with Gasteiger partial charge in [0, 0.05) is 25.0 Å². The lowest BCUT2D eigenvalue weighted by Gasteiger charge is -2.08. The number of hydrogen-bond acceptors (Lipinski definition) is 6. The monoisotopic (exact) mass is 341 g/mol. The molecular weight excluding hydrogens is 322 g/mol. The van der Waals surface area contributed by atoms with Gasteiger partial charge in [-0.25, -0.2) is 14.6 Å². The second-order valence-corrected chi connectivity index (χ2v) is 5.98. The van der Waals surface area contributed by atoms with Crippen LogP contribution in [0.25, 0.3) is 6.08 Å². The molecule has 0 aliphatic heterocycles. The lowest BCUT2D eigenvalue weighted by atomic mass is 10.1. The number of hydrogen-bond donors (Lipinski definition) is 1. The minimum atomic E-state index is -0.874. The Morgan fingerprint density at radius 2 is 2.00 bits per heavy atom. The molecule has 0 amide bonds. The number of benzene rings is 1. The summed E-state index contributed by atoms with van der Waals surface area (Å²) < 4.78 is 11.6. The minimum absolute atomic E-state index is 0.426. The standard InChI is InChI=1S/C18H19N3O4/c19-18(7-8-18)17(23)25-13-24-16(22)6-5-14-1-3-15(4-2-14)11-21-10-9-20-12-21/h1-6,9-10,12H,7-8,11,13,19H2/b6-5+. The van der Waals surface area contributed by atoms with Crippen LogP contribution >= 0.6 is 0 Å². The molecule has 1 saturated carbocycles. The normalized spacial score (nSPS) is 15.1. The topological polar surface area (TPSA) is 96.4 Å². The van der Waals surface area contributed by atoms with E-state index in [0.717, 1.165) is 17.7 Å². The molecule has 0 saturated heterocycles. The fourth-order valence-electron chi connectivity index (χ4n) is 2.16. The van der Waals surface area contributed by atoms with Crippen LogP contribution in [0.2, 0.25) is 0 Å². The van der Waals surface area contributed by atoms with Crippen LogP contribution in [0.4, 0.5) is 0 Å². The number of ether oxygens (including phenoxy) is 2. The summed E-state index contributed by atoms with van der Waals surface area (Å²) in [6.45, 7) is 0.310. The number of carbonyl (C=O) groups is 2. The minimum Gasteiger partial charge on any atom is -0.426 e. The Kier molecular flexibility index (Phi) is 4.95. The lowest BCUT2D eigenvalue weighted by Crippen LogP contribution is -2.35. The van der Waals surface area contributed by atoms with E-state index in [1.165, 1.54) is 6.08 Å². The molecule has 2 N–H and O–H groups in total. The molecule has 0 atom stereocenters. The number of nitrogens with two attached hydrogens (primary N) is 1. The van der Waals surface area contributed by atoms with Crippen LogP contribution in [0.1, 0.15) is 24.0 Å². The van der Waals surface area contributed by atoms with Crippen molar-refractivity contribution in [2.24, 2.45) is 5.73 Å². The molecular formula is C18H19N3O4. The van der Waals surface area contributed by atoms with Gasteiger partial charge in [-0.15, -0.1) is 0 Å². The summed E-state index contributed by atoms with van der Waals surface area (Å²) in [7, 11) is 0. The summed E-state index contributed by atoms with van der Waals surface area (Å²) in [5.74, 6) is -1.12. The Balaban J connectivity index is 1.43. The van der Waals surface area contributed by atoms with E-state index >= 15 is 0 Å². The van der Waals surface area contributed by atoms with Crippen molar-refractivity contribution in [2.45, 2.75) is 24.9 Å². The molecule has 1 aliphatic rings. The van der Waals surface area contributed by atoms with Gasteiger partial charge in [0.1, 0.15) is 5.54 Å². The number of imidazole rings is 1. The van der Waals surface area contributed by atoms with E-state index in [1.807, 2.05) is 35.0 Å². The first-order valence-corrected chi connectivity index (χ1v) is 7.91. The van der Waals surface area contributed by atoms with Crippen LogP contribution in [0.5, 0.6) is 0 Å². The zero-order valence-electron chi connectivity index (χ0n) is 13.6. The van der Waals surface area contributed by atoms with Crippen LogP contribution in [0, 0.1) is 0 Å². The van der Waals surface area contributed by atoms with Gasteiger partial charge in [0.2, 0.25) is 6.79 Å². The van der Waals surface area contributed by atoms with Crippen molar-refractivity contribution in [3.05, 3.63) is 60.2 Å². The summed E-state index contributed by atoms with van der Waals surface area (Å²) in [5, 5.41) is 0. The first-order valence-electron chi connectivity index (χ1n) is 7.91. The van der Waals surface area contributed by atoms with Gasteiger partial charge in [0.05, 0.1) is 6.33 Å². The molecule has 1 fully saturated rings. The van der Waals surface area contributed by atoms with Crippen LogP contribution in [-0.2, 0) is 25.6 Å². The van der Waals surface area contributed by atoms with Crippen molar-refractivity contribution >= 4 is 18.0 Å². The van der Waals surface area contributed by atoms with E-state index < -0.39 is 24.3 Å². The van der Waals surface area contributed by atoms with Crippen molar-refractivity contribution in [1.29, 1.82) is 0 Å². The number of rotatable bonds is 7. The van der Waals surface area contributed by atoms with Crippen LogP contribution < -0.4 is 5.73 Å². The average Bonchev–Trinajstić information content (AvgIpc) is 3.16. The van der Waals surface area contributed by atoms with E-state index in [0.29, 0.717) is 12.8 Å². The van der Waals surface area contributed by atoms with E-state index in [9.17, 15) is 9.59 Å². The molecule has 2 aromatic rings. The number of nitrogens with zero attached hydrogens (tertiary/aromatic N) is 2. The van der Waals surface area contributed by atoms with Crippen molar-refractivity contribution in [3.63, 3.8) is 0 Å². The quantitative estimate of drug-likeness (QED) is 0.465. The lowest BCUT2D eigenvalue weighted by molar-refractivity contribution is -0.165. The fraction of sp³-hybridized carbons (Fsp3) is 0.278. The molecule has 1 heterocycles. The largest absolute Gasteiger partial charge is 0.426 e. The first-order chi connectivity index (χ1) is 12.0. The van der Waals surface area contributed by atoms with Gasteiger partial charge in [-0.2, -0.15) is 0 Å². The van der Waals surface area contributed by atoms with E-state index in [1.54, 1.807) is 18.6 Å². The Morgan fingerprint density at radius 1 is 1.24 bits per heavy atom. The molecule has 0 unspecified atom stereocenters. The molecule has 3 rings (SSSR count). The van der Waals surface area contributed by atoms with Crippen molar-refractivity contribution in [2.75, 3.05) is 6.79 Å². The highest BCUT2D eigenvalue weighted by Crippen LogP contribution is 2.33. The Labute approximate surface area is 145 Å². The summed E-state index contributed by atoms with van der Waals surface area (Å²) in [6.07, 6.45) is 9.52. The Morgan fingerprint density at radius 3 is 2.64 bits per heavy atom. The SMILES string of the molecule is NC1(C(=O)OCOC(=O)/C=C/c2ccc(Cn3ccnc3)cc2)CC1. The van der Waals surface area contributed by atoms with Crippen LogP contribution in [0.3, 0.4) is 0 Å². The van der Waals surface area contributed by atoms with Gasteiger partial charge in [-0.05, 0) is 30.0 Å². The van der Waals surface area contributed by atoms with Gasteiger partial charge in [-0.1, -0.05) is 24.3 Å². The fourth-order valence-corrected chi connectivity index (χ4v) is 2.16. The van der Waals surface area contributed by atoms with Gasteiger partial charge in [0.15, 0.2) is 0 Å². The smallest absolute Gasteiger partial charge is 0.333 e. The van der Waals surface area contributed by atoms with Crippen molar-refractivity contribution in [1.82, 2.24) is 9.55 Å². The Bertz CT molecular complexity index is 762. The second-order valence-electron chi connectivity index (χ2n) is 5.98. The third-order valence-corrected chi connectivity index (χ3v) is 3.90. The van der Waals surface area contributed by atoms with Crippen LogP contribution in [-0.4, -0.2) is 33.8 Å². The maximum Gasteiger partial charge on any atom is 0.333 e. The number of carbonyl (C=O) groups excluding carboxylic acids is 2. The third-order valence-electron chi connectivity index (χ3n) is 3.90. The average molecular weight is 341 g/mol. The summed E-state index contributed by atoms with van der Waals surface area (Å²) in [5.41, 5.74) is 6.78. The molecule has 1 aliphatic carbocycles. The molecule has 25 heavy (non-hydrogen) atoms. The van der Waals surface area contributed by atoms with Crippen molar-refractivity contribution in [3.8, 4) is 0 Å². The molecule has 7 nitrogen and oxygen atoms in total. The first kappa shape index (κ1) is 16.9. The summed E-state index contributed by atoms with van der Waals surface area (Å²) >= 11 is 0. The van der Waals surface area contributed by atoms with E-state index in [2.05, 4.69) is 4.98 Å². The highest BCUT2D eigenvalue weighted by Gasteiger charge is 2.47. The van der Waals surface area contributed by atoms with Crippen LogP contribution in [0.15, 0.2) is 49.1 Å². The van der Waals surface area contributed by atoms with Gasteiger partial charge < -0.3 is 19.8 Å². The van der Waals surface area contributed by atoms with Crippen molar-refractivity contribution < 1.29 is 19.1 Å². The maximum atomic E-state index is 11.6. The molecule has 0 bridgehead atoms. The predicted molar refractivity (Wildman–Crippen MR) is 90.0 cm³/mol. The van der Waals surface area contributed by atoms with Gasteiger partial charge in [-0.3, -0.25) is 0 Å². The highest BCUT2D eigenvalue weighted by molar-refractivity contribution is 5.87. The molecule has 130 valence electrons. The zero-order chi connectivity index (χ0) is 17.7. The molecule has 0 spiro atoms. The zero-order valence-corrected chi connectivity index (χ0v) is 13.6. The Hall–Kier alpha value is -2.93. The number of esters is 2. The predicted octanol–water partition coefficient (Wildman–Crippen LogP) is 1.48. The molecule has 0 radical (unpaired) electrons. The molecule has 7 heteroatoms. The summed E-state index contributed by atoms with van der Waals surface area (Å²) in [6, 6.07) is 7.76. The number of aromatic nitrogens is 2. The maximum absolute atomic E-state index is 11.6. The summed E-state index contributed by atoms with van der Waals surface area (Å²) in [4.78, 5) is 27.1. The highest BCUT2D eigenvalue weighted by atomic mass is 16.7. The second kappa shape index (κ2) is 7.31.